The summed E-state index contributed by atoms with van der Waals surface area (Å²) in [5.74, 6) is -0.0153. The Morgan fingerprint density at radius 3 is 2.48 bits per heavy atom. The summed E-state index contributed by atoms with van der Waals surface area (Å²) in [5.41, 5.74) is 0.552. The number of pyridine rings is 1. The first-order chi connectivity index (χ1) is 9.83. The van der Waals surface area contributed by atoms with Crippen LogP contribution in [0.4, 0.5) is 24.7 Å². The Hall–Kier alpha value is -2.26. The smallest absolute Gasteiger partial charge is 0.423 e. The minimum atomic E-state index is -4.75. The maximum Gasteiger partial charge on any atom is 0.573 e. The second-order valence-electron chi connectivity index (χ2n) is 4.05. The highest BCUT2D eigenvalue weighted by molar-refractivity contribution is 6.58. The lowest BCUT2D eigenvalue weighted by atomic mass is 9.82. The molecule has 0 aliphatic rings. The van der Waals surface area contributed by atoms with Crippen molar-refractivity contribution in [3.63, 3.8) is 0 Å². The predicted molar refractivity (Wildman–Crippen MR) is 70.5 cm³/mol. The van der Waals surface area contributed by atoms with Gasteiger partial charge >= 0.3 is 13.5 Å². The molecule has 0 bridgehead atoms. The molecule has 9 heteroatoms. The minimum Gasteiger partial charge on any atom is -0.423 e. The molecular formula is C12H10BF3N2O3. The van der Waals surface area contributed by atoms with Crippen LogP contribution in [0.15, 0.2) is 42.6 Å². The van der Waals surface area contributed by atoms with Crippen LogP contribution in [0.5, 0.6) is 5.75 Å². The molecule has 21 heavy (non-hydrogen) atoms. The van der Waals surface area contributed by atoms with Crippen LogP contribution in [0.1, 0.15) is 0 Å². The van der Waals surface area contributed by atoms with Crippen molar-refractivity contribution in [2.75, 3.05) is 5.32 Å². The lowest BCUT2D eigenvalue weighted by molar-refractivity contribution is -0.274. The number of halogens is 3. The standard InChI is InChI=1S/C12H10BF3N2O3/c14-12(15,16)21-10-3-1-2-9(6-10)18-11-5-4-8(7-17-11)13(19)20/h1-7,19-20H,(H,17,18). The van der Waals surface area contributed by atoms with Crippen molar-refractivity contribution >= 4 is 24.1 Å². The molecule has 110 valence electrons. The van der Waals surface area contributed by atoms with Gasteiger partial charge in [-0.25, -0.2) is 4.98 Å². The average Bonchev–Trinajstić information content (AvgIpc) is 2.37. The molecule has 0 aliphatic heterocycles. The highest BCUT2D eigenvalue weighted by atomic mass is 19.4. The van der Waals surface area contributed by atoms with Crippen molar-refractivity contribution in [2.24, 2.45) is 0 Å². The highest BCUT2D eigenvalue weighted by Crippen LogP contribution is 2.26. The topological polar surface area (TPSA) is 74.6 Å². The summed E-state index contributed by atoms with van der Waals surface area (Å²) in [6, 6.07) is 8.18. The maximum absolute atomic E-state index is 12.1. The molecule has 0 atom stereocenters. The Bertz CT molecular complexity index is 605. The van der Waals surface area contributed by atoms with Gasteiger partial charge in [0.25, 0.3) is 0 Å². The Labute approximate surface area is 118 Å². The molecule has 0 saturated heterocycles. The van der Waals surface area contributed by atoms with Crippen LogP contribution in [0.2, 0.25) is 0 Å². The SMILES string of the molecule is OB(O)c1ccc(Nc2cccc(OC(F)(F)F)c2)nc1. The summed E-state index contributed by atoms with van der Waals surface area (Å²) in [6.07, 6.45) is -3.52. The van der Waals surface area contributed by atoms with E-state index in [1.165, 1.54) is 36.5 Å². The third kappa shape index (κ3) is 4.65. The van der Waals surface area contributed by atoms with Crippen LogP contribution in [-0.4, -0.2) is 28.5 Å². The van der Waals surface area contributed by atoms with Gasteiger partial charge in [-0.3, -0.25) is 0 Å². The molecule has 3 N–H and O–H groups in total. The molecule has 0 aliphatic carbocycles. The van der Waals surface area contributed by atoms with Gasteiger partial charge in [-0.05, 0) is 18.2 Å². The van der Waals surface area contributed by atoms with E-state index in [1.807, 2.05) is 0 Å². The van der Waals surface area contributed by atoms with E-state index in [0.29, 0.717) is 11.5 Å². The van der Waals surface area contributed by atoms with E-state index in [0.717, 1.165) is 0 Å². The normalized spacial score (nSPS) is 11.1. The Morgan fingerprint density at radius 1 is 1.14 bits per heavy atom. The molecular weight excluding hydrogens is 288 g/mol. The van der Waals surface area contributed by atoms with E-state index in [-0.39, 0.29) is 11.2 Å². The number of rotatable bonds is 4. The largest absolute Gasteiger partial charge is 0.573 e. The summed E-state index contributed by atoms with van der Waals surface area (Å²) >= 11 is 0. The van der Waals surface area contributed by atoms with Crippen LogP contribution < -0.4 is 15.5 Å². The van der Waals surface area contributed by atoms with Gasteiger partial charge < -0.3 is 20.1 Å². The molecule has 0 unspecified atom stereocenters. The Morgan fingerprint density at radius 2 is 1.90 bits per heavy atom. The molecule has 0 fully saturated rings. The number of nitrogens with one attached hydrogen (secondary N) is 1. The van der Waals surface area contributed by atoms with Gasteiger partial charge in [-0.1, -0.05) is 12.1 Å². The molecule has 1 aromatic carbocycles. The molecule has 0 spiro atoms. The quantitative estimate of drug-likeness (QED) is 0.744. The summed E-state index contributed by atoms with van der Waals surface area (Å²) in [7, 11) is -1.63. The third-order valence-corrected chi connectivity index (χ3v) is 2.42. The monoisotopic (exact) mass is 298 g/mol. The Kier molecular flexibility index (Phi) is 4.34. The number of aromatic nitrogens is 1. The molecule has 1 heterocycles. The van der Waals surface area contributed by atoms with Crippen LogP contribution in [-0.2, 0) is 0 Å². The van der Waals surface area contributed by atoms with Gasteiger partial charge in [0.15, 0.2) is 0 Å². The van der Waals surface area contributed by atoms with Crippen molar-refractivity contribution in [2.45, 2.75) is 6.36 Å². The zero-order valence-corrected chi connectivity index (χ0v) is 10.5. The van der Waals surface area contributed by atoms with Crippen molar-refractivity contribution in [3.8, 4) is 5.75 Å². The van der Waals surface area contributed by atoms with Crippen LogP contribution >= 0.6 is 0 Å². The molecule has 0 radical (unpaired) electrons. The lowest BCUT2D eigenvalue weighted by Crippen LogP contribution is -2.29. The third-order valence-electron chi connectivity index (χ3n) is 2.42. The van der Waals surface area contributed by atoms with E-state index in [4.69, 9.17) is 10.0 Å². The number of alkyl halides is 3. The van der Waals surface area contributed by atoms with E-state index < -0.39 is 13.5 Å². The second kappa shape index (κ2) is 6.02. The first-order valence-electron chi connectivity index (χ1n) is 5.78. The predicted octanol–water partition coefficient (Wildman–Crippen LogP) is 1.40. The number of anilines is 2. The minimum absolute atomic E-state index is 0.203. The van der Waals surface area contributed by atoms with E-state index in [9.17, 15) is 13.2 Å². The fourth-order valence-corrected chi connectivity index (χ4v) is 1.55. The molecule has 2 aromatic rings. The van der Waals surface area contributed by atoms with Crippen LogP contribution in [0, 0.1) is 0 Å². The fraction of sp³-hybridized carbons (Fsp3) is 0.0833. The number of benzene rings is 1. The summed E-state index contributed by atoms with van der Waals surface area (Å²) in [5, 5.41) is 20.6. The van der Waals surface area contributed by atoms with Gasteiger partial charge in [-0.2, -0.15) is 0 Å². The fourth-order valence-electron chi connectivity index (χ4n) is 1.55. The number of ether oxygens (including phenoxy) is 1. The Balaban J connectivity index is 2.10. The van der Waals surface area contributed by atoms with E-state index >= 15 is 0 Å². The van der Waals surface area contributed by atoms with Gasteiger partial charge in [0.2, 0.25) is 0 Å². The zero-order valence-electron chi connectivity index (χ0n) is 10.5. The molecule has 5 nitrogen and oxygen atoms in total. The number of hydrogen-bond acceptors (Lipinski definition) is 5. The highest BCUT2D eigenvalue weighted by Gasteiger charge is 2.31. The van der Waals surface area contributed by atoms with Gasteiger partial charge in [0.1, 0.15) is 11.6 Å². The first kappa shape index (κ1) is 15.1. The van der Waals surface area contributed by atoms with Crippen molar-refractivity contribution < 1.29 is 28.0 Å². The van der Waals surface area contributed by atoms with Crippen molar-refractivity contribution in [1.82, 2.24) is 4.98 Å². The summed E-state index contributed by atoms with van der Waals surface area (Å²) in [4.78, 5) is 3.91. The zero-order chi connectivity index (χ0) is 15.5. The van der Waals surface area contributed by atoms with Gasteiger partial charge in [0, 0.05) is 23.4 Å². The lowest BCUT2D eigenvalue weighted by Gasteiger charge is -2.11. The van der Waals surface area contributed by atoms with Crippen molar-refractivity contribution in [1.29, 1.82) is 0 Å². The average molecular weight is 298 g/mol. The van der Waals surface area contributed by atoms with Crippen LogP contribution in [0.3, 0.4) is 0 Å². The van der Waals surface area contributed by atoms with Gasteiger partial charge in [0.05, 0.1) is 0 Å². The first-order valence-corrected chi connectivity index (χ1v) is 5.78. The maximum atomic E-state index is 12.1. The van der Waals surface area contributed by atoms with Gasteiger partial charge in [-0.15, -0.1) is 13.2 Å². The number of nitrogens with zero attached hydrogens (tertiary/aromatic N) is 1. The molecule has 1 aromatic heterocycles. The molecule has 2 rings (SSSR count). The second-order valence-corrected chi connectivity index (χ2v) is 4.05. The van der Waals surface area contributed by atoms with E-state index in [2.05, 4.69) is 15.0 Å². The van der Waals surface area contributed by atoms with Crippen molar-refractivity contribution in [3.05, 3.63) is 42.6 Å². The summed E-state index contributed by atoms with van der Waals surface area (Å²) < 4.78 is 40.2. The summed E-state index contributed by atoms with van der Waals surface area (Å²) in [6.45, 7) is 0. The van der Waals surface area contributed by atoms with Crippen LogP contribution in [0.25, 0.3) is 0 Å². The number of hydrogen-bond donors (Lipinski definition) is 3. The molecule has 0 saturated carbocycles. The molecule has 0 amide bonds. The van der Waals surface area contributed by atoms with E-state index in [1.54, 1.807) is 6.07 Å².